The molecule has 0 fully saturated rings. The molecule has 0 aromatic heterocycles. The third-order valence-electron chi connectivity index (χ3n) is 4.52. The molecule has 1 heterocycles. The summed E-state index contributed by atoms with van der Waals surface area (Å²) in [6.45, 7) is 1.86. The first-order chi connectivity index (χ1) is 12.3. The minimum absolute atomic E-state index is 0.171. The van der Waals surface area contributed by atoms with Gasteiger partial charge in [-0.15, -0.1) is 0 Å². The zero-order valence-electron chi connectivity index (χ0n) is 14.0. The number of para-hydroxylation sites is 2. The van der Waals surface area contributed by atoms with Crippen LogP contribution >= 0.6 is 0 Å². The van der Waals surface area contributed by atoms with Crippen molar-refractivity contribution < 1.29 is 4.79 Å². The fraction of sp³-hybridized carbons (Fsp3) is 0.136. The number of carbonyl (C=O) groups is 1. The van der Waals surface area contributed by atoms with E-state index in [0.717, 1.165) is 23.5 Å². The summed E-state index contributed by atoms with van der Waals surface area (Å²) in [6.07, 6.45) is 0. The van der Waals surface area contributed by atoms with Crippen LogP contribution in [0.1, 0.15) is 15.9 Å². The number of anilines is 2. The van der Waals surface area contributed by atoms with Crippen LogP contribution in [-0.2, 0) is 6.54 Å². The molecule has 0 aliphatic carbocycles. The van der Waals surface area contributed by atoms with Crippen molar-refractivity contribution in [3.8, 4) is 0 Å². The standard InChI is InChI=1S/C22H20N2O/c25-22-16-23(15-18-9-3-1-4-10-18)17-24(19-11-5-2-6-12-19)21-14-8-7-13-20(21)22/h1-14H,15-17H2. The molecule has 0 bridgehead atoms. The number of ketones is 1. The molecule has 3 aromatic rings. The molecule has 3 aromatic carbocycles. The van der Waals surface area contributed by atoms with E-state index in [-0.39, 0.29) is 5.78 Å². The first-order valence-corrected chi connectivity index (χ1v) is 8.52. The second-order valence-electron chi connectivity index (χ2n) is 6.32. The van der Waals surface area contributed by atoms with Gasteiger partial charge in [-0.25, -0.2) is 0 Å². The molecule has 124 valence electrons. The minimum atomic E-state index is 0.171. The van der Waals surface area contributed by atoms with Gasteiger partial charge in [0.05, 0.1) is 18.9 Å². The number of rotatable bonds is 3. The molecule has 0 radical (unpaired) electrons. The van der Waals surface area contributed by atoms with Crippen LogP contribution in [0.25, 0.3) is 0 Å². The molecule has 3 nitrogen and oxygen atoms in total. The molecule has 25 heavy (non-hydrogen) atoms. The van der Waals surface area contributed by atoms with E-state index in [1.807, 2.05) is 60.7 Å². The predicted molar refractivity (Wildman–Crippen MR) is 101 cm³/mol. The number of nitrogens with zero attached hydrogens (tertiary/aromatic N) is 2. The molecule has 0 spiro atoms. The summed E-state index contributed by atoms with van der Waals surface area (Å²) in [5.74, 6) is 0.171. The third-order valence-corrected chi connectivity index (χ3v) is 4.52. The van der Waals surface area contributed by atoms with E-state index in [4.69, 9.17) is 0 Å². The molecular formula is C22H20N2O. The quantitative estimate of drug-likeness (QED) is 0.708. The van der Waals surface area contributed by atoms with Crippen molar-refractivity contribution in [1.82, 2.24) is 4.90 Å². The van der Waals surface area contributed by atoms with Crippen LogP contribution in [0.5, 0.6) is 0 Å². The Kier molecular flexibility index (Phi) is 4.32. The van der Waals surface area contributed by atoms with Crippen molar-refractivity contribution in [3.63, 3.8) is 0 Å². The maximum absolute atomic E-state index is 12.8. The Morgan fingerprint density at radius 3 is 2.16 bits per heavy atom. The molecule has 3 heteroatoms. The van der Waals surface area contributed by atoms with Gasteiger partial charge >= 0.3 is 0 Å². The summed E-state index contributed by atoms with van der Waals surface area (Å²) >= 11 is 0. The Bertz CT molecular complexity index is 861. The van der Waals surface area contributed by atoms with Gasteiger partial charge < -0.3 is 4.90 Å². The van der Waals surface area contributed by atoms with Crippen molar-refractivity contribution >= 4 is 17.2 Å². The van der Waals surface area contributed by atoms with E-state index in [9.17, 15) is 4.79 Å². The lowest BCUT2D eigenvalue weighted by Gasteiger charge is -2.29. The second-order valence-corrected chi connectivity index (χ2v) is 6.32. The van der Waals surface area contributed by atoms with Gasteiger partial charge in [0.2, 0.25) is 0 Å². The van der Waals surface area contributed by atoms with E-state index in [1.54, 1.807) is 0 Å². The average Bonchev–Trinajstić information content (AvgIpc) is 2.80. The highest BCUT2D eigenvalue weighted by Gasteiger charge is 2.26. The van der Waals surface area contributed by atoms with Gasteiger partial charge in [-0.1, -0.05) is 60.7 Å². The monoisotopic (exact) mass is 328 g/mol. The van der Waals surface area contributed by atoms with E-state index in [2.05, 4.69) is 34.1 Å². The summed E-state index contributed by atoms with van der Waals surface area (Å²) in [7, 11) is 0. The van der Waals surface area contributed by atoms with Crippen LogP contribution in [0.4, 0.5) is 11.4 Å². The fourth-order valence-electron chi connectivity index (χ4n) is 3.34. The lowest BCUT2D eigenvalue weighted by Crippen LogP contribution is -2.35. The number of fused-ring (bicyclic) bond motifs is 1. The summed E-state index contributed by atoms with van der Waals surface area (Å²) < 4.78 is 0. The minimum Gasteiger partial charge on any atom is -0.327 e. The number of hydrogen-bond acceptors (Lipinski definition) is 3. The highest BCUT2D eigenvalue weighted by Crippen LogP contribution is 2.31. The van der Waals surface area contributed by atoms with E-state index < -0.39 is 0 Å². The van der Waals surface area contributed by atoms with Crippen LogP contribution in [0.15, 0.2) is 84.9 Å². The van der Waals surface area contributed by atoms with Gasteiger partial charge in [0.25, 0.3) is 0 Å². The first-order valence-electron chi connectivity index (χ1n) is 8.52. The van der Waals surface area contributed by atoms with Crippen molar-refractivity contribution in [2.45, 2.75) is 6.54 Å². The largest absolute Gasteiger partial charge is 0.327 e. The highest BCUT2D eigenvalue weighted by atomic mass is 16.1. The molecule has 1 aliphatic heterocycles. The molecule has 0 unspecified atom stereocenters. The Labute approximate surface area is 148 Å². The zero-order valence-corrected chi connectivity index (χ0v) is 14.0. The van der Waals surface area contributed by atoms with Crippen LogP contribution in [0.2, 0.25) is 0 Å². The van der Waals surface area contributed by atoms with Crippen LogP contribution in [0.3, 0.4) is 0 Å². The summed E-state index contributed by atoms with van der Waals surface area (Å²) in [5, 5.41) is 0. The fourth-order valence-corrected chi connectivity index (χ4v) is 3.34. The topological polar surface area (TPSA) is 23.6 Å². The smallest absolute Gasteiger partial charge is 0.178 e. The number of Topliss-reactive ketones (excluding diaryl/α,β-unsaturated/α-hetero) is 1. The molecule has 0 saturated heterocycles. The van der Waals surface area contributed by atoms with Crippen molar-refractivity contribution in [3.05, 3.63) is 96.1 Å². The maximum atomic E-state index is 12.8. The van der Waals surface area contributed by atoms with Crippen molar-refractivity contribution in [1.29, 1.82) is 0 Å². The molecule has 0 amide bonds. The van der Waals surface area contributed by atoms with Crippen molar-refractivity contribution in [2.24, 2.45) is 0 Å². The Morgan fingerprint density at radius 2 is 1.40 bits per heavy atom. The lowest BCUT2D eigenvalue weighted by atomic mass is 10.1. The van der Waals surface area contributed by atoms with E-state index >= 15 is 0 Å². The highest BCUT2D eigenvalue weighted by molar-refractivity contribution is 6.04. The summed E-state index contributed by atoms with van der Waals surface area (Å²) in [5.41, 5.74) is 4.09. The van der Waals surface area contributed by atoms with E-state index in [0.29, 0.717) is 13.2 Å². The Hall–Kier alpha value is -2.91. The molecule has 4 rings (SSSR count). The normalized spacial score (nSPS) is 14.9. The zero-order chi connectivity index (χ0) is 17.1. The molecule has 1 aliphatic rings. The van der Waals surface area contributed by atoms with Gasteiger partial charge in [-0.3, -0.25) is 9.69 Å². The van der Waals surface area contributed by atoms with Gasteiger partial charge in [0.1, 0.15) is 0 Å². The number of hydrogen-bond donors (Lipinski definition) is 0. The van der Waals surface area contributed by atoms with Gasteiger partial charge in [-0.2, -0.15) is 0 Å². The van der Waals surface area contributed by atoms with Crippen LogP contribution < -0.4 is 4.90 Å². The Balaban J connectivity index is 1.72. The molecule has 0 saturated carbocycles. The van der Waals surface area contributed by atoms with Gasteiger partial charge in [-0.05, 0) is 29.8 Å². The maximum Gasteiger partial charge on any atom is 0.178 e. The number of carbonyl (C=O) groups excluding carboxylic acids is 1. The first kappa shape index (κ1) is 15.6. The SMILES string of the molecule is O=C1CN(Cc2ccccc2)CN(c2ccccc2)c2ccccc21. The summed E-state index contributed by atoms with van der Waals surface area (Å²) in [6, 6.07) is 28.5. The average molecular weight is 328 g/mol. The van der Waals surface area contributed by atoms with E-state index in [1.165, 1.54) is 5.56 Å². The number of benzene rings is 3. The molecular weight excluding hydrogens is 308 g/mol. The van der Waals surface area contributed by atoms with Gasteiger partial charge in [0, 0.05) is 17.8 Å². The van der Waals surface area contributed by atoms with Crippen LogP contribution in [-0.4, -0.2) is 23.9 Å². The molecule has 0 atom stereocenters. The second kappa shape index (κ2) is 6.91. The van der Waals surface area contributed by atoms with Gasteiger partial charge in [0.15, 0.2) is 5.78 Å². The van der Waals surface area contributed by atoms with Crippen LogP contribution in [0, 0.1) is 0 Å². The molecule has 0 N–H and O–H groups in total. The Morgan fingerprint density at radius 1 is 0.760 bits per heavy atom. The lowest BCUT2D eigenvalue weighted by molar-refractivity contribution is 0.0936. The predicted octanol–water partition coefficient (Wildman–Crippen LogP) is 4.48. The van der Waals surface area contributed by atoms with Crippen molar-refractivity contribution in [2.75, 3.05) is 18.1 Å². The third kappa shape index (κ3) is 3.32. The summed E-state index contributed by atoms with van der Waals surface area (Å²) in [4.78, 5) is 17.2.